The highest BCUT2D eigenvalue weighted by Crippen LogP contribution is 2.24. The van der Waals surface area contributed by atoms with Gasteiger partial charge in [0.2, 0.25) is 0 Å². The molecule has 88 valence electrons. The van der Waals surface area contributed by atoms with Crippen LogP contribution in [-0.4, -0.2) is 21.7 Å². The molecule has 0 amide bonds. The number of benzene rings is 1. The molecule has 0 saturated carbocycles. The van der Waals surface area contributed by atoms with E-state index in [1.807, 2.05) is 0 Å². The van der Waals surface area contributed by atoms with E-state index in [-0.39, 0.29) is 24.2 Å². The van der Waals surface area contributed by atoms with Crippen molar-refractivity contribution >= 4 is 0 Å². The molecule has 0 fully saturated rings. The Bertz CT molecular complexity index is 517. The van der Waals surface area contributed by atoms with Crippen LogP contribution in [0.25, 0.3) is 11.1 Å². The molecule has 0 saturated heterocycles. The van der Waals surface area contributed by atoms with Crippen LogP contribution in [0.1, 0.15) is 5.56 Å². The SMILES string of the molecule is OCCc1cc(-c2cncnc2)c(F)cc1F. The first-order valence-corrected chi connectivity index (χ1v) is 5.06. The maximum Gasteiger partial charge on any atom is 0.134 e. The summed E-state index contributed by atoms with van der Waals surface area (Å²) in [5.41, 5.74) is 0.979. The van der Waals surface area contributed by atoms with E-state index in [9.17, 15) is 8.78 Å². The van der Waals surface area contributed by atoms with Crippen molar-refractivity contribution in [3.05, 3.63) is 48.1 Å². The predicted octanol–water partition coefficient (Wildman–Crippen LogP) is 1.96. The van der Waals surface area contributed by atoms with Gasteiger partial charge in [-0.15, -0.1) is 0 Å². The van der Waals surface area contributed by atoms with Crippen molar-refractivity contribution in [1.29, 1.82) is 0 Å². The lowest BCUT2D eigenvalue weighted by Crippen LogP contribution is -1.98. The van der Waals surface area contributed by atoms with E-state index in [1.165, 1.54) is 24.8 Å². The maximum atomic E-state index is 13.6. The van der Waals surface area contributed by atoms with Crippen LogP contribution in [0, 0.1) is 11.6 Å². The maximum absolute atomic E-state index is 13.6. The van der Waals surface area contributed by atoms with Crippen molar-refractivity contribution < 1.29 is 13.9 Å². The molecule has 3 nitrogen and oxygen atoms in total. The molecule has 1 aromatic carbocycles. The van der Waals surface area contributed by atoms with E-state index >= 15 is 0 Å². The normalized spacial score (nSPS) is 10.5. The number of rotatable bonds is 3. The van der Waals surface area contributed by atoms with Crippen LogP contribution in [0.15, 0.2) is 30.9 Å². The summed E-state index contributed by atoms with van der Waals surface area (Å²) in [6, 6.07) is 2.19. The van der Waals surface area contributed by atoms with E-state index in [2.05, 4.69) is 9.97 Å². The molecule has 0 bridgehead atoms. The Morgan fingerprint density at radius 3 is 2.41 bits per heavy atom. The largest absolute Gasteiger partial charge is 0.396 e. The van der Waals surface area contributed by atoms with Gasteiger partial charge in [-0.2, -0.15) is 0 Å². The second kappa shape index (κ2) is 4.97. The highest BCUT2D eigenvalue weighted by atomic mass is 19.1. The second-order valence-electron chi connectivity index (χ2n) is 3.52. The summed E-state index contributed by atoms with van der Waals surface area (Å²) in [6.45, 7) is -0.187. The fraction of sp³-hybridized carbons (Fsp3) is 0.167. The summed E-state index contributed by atoms with van der Waals surface area (Å²) in [7, 11) is 0. The third-order valence-corrected chi connectivity index (χ3v) is 2.39. The molecule has 0 atom stereocenters. The van der Waals surface area contributed by atoms with Gasteiger partial charge >= 0.3 is 0 Å². The Balaban J connectivity index is 2.51. The third-order valence-electron chi connectivity index (χ3n) is 2.39. The molecule has 5 heteroatoms. The Morgan fingerprint density at radius 2 is 1.76 bits per heavy atom. The molecule has 0 aliphatic heterocycles. The summed E-state index contributed by atoms with van der Waals surface area (Å²) < 4.78 is 26.9. The Kier molecular flexibility index (Phi) is 3.39. The van der Waals surface area contributed by atoms with Gasteiger partial charge < -0.3 is 5.11 Å². The van der Waals surface area contributed by atoms with E-state index in [1.54, 1.807) is 0 Å². The quantitative estimate of drug-likeness (QED) is 0.886. The van der Waals surface area contributed by atoms with Gasteiger partial charge in [-0.3, -0.25) is 0 Å². The van der Waals surface area contributed by atoms with Crippen LogP contribution < -0.4 is 0 Å². The third kappa shape index (κ3) is 2.45. The molecule has 1 heterocycles. The molecule has 1 N–H and O–H groups in total. The van der Waals surface area contributed by atoms with Crippen molar-refractivity contribution in [2.24, 2.45) is 0 Å². The Morgan fingerprint density at radius 1 is 1.06 bits per heavy atom. The summed E-state index contributed by atoms with van der Waals surface area (Å²) >= 11 is 0. The number of aliphatic hydroxyl groups is 1. The average Bonchev–Trinajstić information content (AvgIpc) is 2.34. The molecular formula is C12H10F2N2O. The molecule has 2 rings (SSSR count). The molecule has 0 unspecified atom stereocenters. The lowest BCUT2D eigenvalue weighted by Gasteiger charge is -2.07. The van der Waals surface area contributed by atoms with Crippen molar-refractivity contribution in [1.82, 2.24) is 9.97 Å². The van der Waals surface area contributed by atoms with Gasteiger partial charge in [-0.05, 0) is 18.1 Å². The Hall–Kier alpha value is -1.88. The van der Waals surface area contributed by atoms with E-state index in [4.69, 9.17) is 5.11 Å². The molecule has 0 aliphatic carbocycles. The number of hydrogen-bond donors (Lipinski definition) is 1. The van der Waals surface area contributed by atoms with E-state index in [0.29, 0.717) is 5.56 Å². The minimum Gasteiger partial charge on any atom is -0.396 e. The molecular weight excluding hydrogens is 226 g/mol. The summed E-state index contributed by atoms with van der Waals surface area (Å²) in [5.74, 6) is -1.32. The zero-order chi connectivity index (χ0) is 12.3. The smallest absolute Gasteiger partial charge is 0.134 e. The monoisotopic (exact) mass is 236 g/mol. The van der Waals surface area contributed by atoms with Crippen LogP contribution in [-0.2, 0) is 6.42 Å². The molecule has 17 heavy (non-hydrogen) atoms. The van der Waals surface area contributed by atoms with Crippen molar-refractivity contribution in [3.63, 3.8) is 0 Å². The molecule has 0 spiro atoms. The summed E-state index contributed by atoms with van der Waals surface area (Å²) in [5, 5.41) is 8.79. The predicted molar refractivity (Wildman–Crippen MR) is 58.2 cm³/mol. The number of aliphatic hydroxyl groups excluding tert-OH is 1. The number of hydrogen-bond acceptors (Lipinski definition) is 3. The van der Waals surface area contributed by atoms with Crippen LogP contribution >= 0.6 is 0 Å². The first-order chi connectivity index (χ1) is 8.22. The molecule has 2 aromatic rings. The van der Waals surface area contributed by atoms with Gasteiger partial charge in [-0.25, -0.2) is 18.7 Å². The topological polar surface area (TPSA) is 46.0 Å². The standard InChI is InChI=1S/C12H10F2N2O/c13-11-4-12(14)10(3-8(11)1-2-17)9-5-15-7-16-6-9/h3-7,17H,1-2H2. The minimum absolute atomic E-state index is 0.146. The van der Waals surface area contributed by atoms with Crippen LogP contribution in [0.4, 0.5) is 8.78 Å². The molecule has 0 radical (unpaired) electrons. The van der Waals surface area contributed by atoms with Crippen molar-refractivity contribution in [3.8, 4) is 11.1 Å². The van der Waals surface area contributed by atoms with Gasteiger partial charge in [0.25, 0.3) is 0 Å². The van der Waals surface area contributed by atoms with Gasteiger partial charge in [0, 0.05) is 36.2 Å². The van der Waals surface area contributed by atoms with Crippen LogP contribution in [0.5, 0.6) is 0 Å². The molecule has 1 aromatic heterocycles. The highest BCUT2D eigenvalue weighted by molar-refractivity contribution is 5.63. The fourth-order valence-corrected chi connectivity index (χ4v) is 1.57. The molecule has 0 aliphatic rings. The second-order valence-corrected chi connectivity index (χ2v) is 3.52. The number of halogens is 2. The van der Waals surface area contributed by atoms with Gasteiger partial charge in [0.1, 0.15) is 18.0 Å². The van der Waals surface area contributed by atoms with Gasteiger partial charge in [-0.1, -0.05) is 0 Å². The van der Waals surface area contributed by atoms with Crippen LogP contribution in [0.2, 0.25) is 0 Å². The zero-order valence-corrected chi connectivity index (χ0v) is 8.90. The summed E-state index contributed by atoms with van der Waals surface area (Å²) in [6.07, 6.45) is 4.38. The fourth-order valence-electron chi connectivity index (χ4n) is 1.57. The van der Waals surface area contributed by atoms with Crippen molar-refractivity contribution in [2.45, 2.75) is 6.42 Å². The zero-order valence-electron chi connectivity index (χ0n) is 8.90. The van der Waals surface area contributed by atoms with Gasteiger partial charge in [0.05, 0.1) is 0 Å². The first-order valence-electron chi connectivity index (χ1n) is 5.06. The van der Waals surface area contributed by atoms with E-state index < -0.39 is 11.6 Å². The highest BCUT2D eigenvalue weighted by Gasteiger charge is 2.11. The Labute approximate surface area is 96.8 Å². The average molecular weight is 236 g/mol. The number of aromatic nitrogens is 2. The lowest BCUT2D eigenvalue weighted by molar-refractivity contribution is 0.297. The van der Waals surface area contributed by atoms with Crippen molar-refractivity contribution in [2.75, 3.05) is 6.61 Å². The minimum atomic E-state index is -0.668. The van der Waals surface area contributed by atoms with E-state index in [0.717, 1.165) is 6.07 Å². The number of nitrogens with zero attached hydrogens (tertiary/aromatic N) is 2. The lowest BCUT2D eigenvalue weighted by atomic mass is 10.0. The first kappa shape index (κ1) is 11.6. The van der Waals surface area contributed by atoms with Crippen LogP contribution in [0.3, 0.4) is 0 Å². The van der Waals surface area contributed by atoms with Gasteiger partial charge in [0.15, 0.2) is 0 Å². The summed E-state index contributed by atoms with van der Waals surface area (Å²) in [4.78, 5) is 7.56.